The van der Waals surface area contributed by atoms with Crippen molar-refractivity contribution >= 4 is 37.2 Å². The van der Waals surface area contributed by atoms with E-state index >= 15 is 0 Å². The Bertz CT molecular complexity index is 950. The number of hydrogen-bond donors (Lipinski definition) is 0. The highest BCUT2D eigenvalue weighted by Gasteiger charge is 1.76. The van der Waals surface area contributed by atoms with E-state index in [2.05, 4.69) is 39.2 Å². The summed E-state index contributed by atoms with van der Waals surface area (Å²) in [5, 5.41) is 0. The van der Waals surface area contributed by atoms with E-state index in [9.17, 15) is 28.8 Å². The zero-order chi connectivity index (χ0) is 36.2. The van der Waals surface area contributed by atoms with E-state index in [1.165, 1.54) is 50.8 Å². The predicted molar refractivity (Wildman–Crippen MR) is 198 cm³/mol. The summed E-state index contributed by atoms with van der Waals surface area (Å²) in [5.74, 6) is 0.0933. The average molecular weight is 637 g/mol. The van der Waals surface area contributed by atoms with Crippen LogP contribution in [-0.4, -0.2) is 37.2 Å². The number of carbonyl (C=O) groups is 6. The van der Waals surface area contributed by atoms with Crippen LogP contribution in [0, 0.1) is 0 Å². The number of hydrogen-bond acceptors (Lipinski definition) is 6. The van der Waals surface area contributed by atoms with Crippen LogP contribution in [0.2, 0.25) is 0 Å². The molecule has 0 aromatic rings. The third-order valence-corrected chi connectivity index (χ3v) is 4.22. The topological polar surface area (TPSA) is 102 Å². The van der Waals surface area contributed by atoms with Gasteiger partial charge in [-0.1, -0.05) is 127 Å². The summed E-state index contributed by atoms with van der Waals surface area (Å²) < 4.78 is 0. The normalized spacial score (nSPS) is 10.1. The first-order chi connectivity index (χ1) is 22.3. The maximum absolute atomic E-state index is 10.3. The molecule has 0 aliphatic carbocycles. The Labute approximate surface area is 280 Å². The number of allylic oxidation sites excluding steroid dienone is 17. The molecule has 0 amide bonds. The van der Waals surface area contributed by atoms with Crippen molar-refractivity contribution in [3.63, 3.8) is 0 Å². The van der Waals surface area contributed by atoms with Crippen LogP contribution in [0.5, 0.6) is 0 Å². The average Bonchev–Trinajstić information content (AvgIpc) is 3.06. The number of carbonyl (C=O) groups excluding carboxylic acids is 6. The molecule has 0 aromatic carbocycles. The van der Waals surface area contributed by atoms with Crippen LogP contribution in [0.3, 0.4) is 0 Å². The molecule has 0 unspecified atom stereocenters. The SMILES string of the molecule is C/C=C/C=O.C=C=CCC=O.CC/C=C/C=C/C(C)=O.CC/C=C/C=C/C=O.CCCC/C=C/C=C/C=O.CCCC/C=C/C=O. The lowest BCUT2D eigenvalue weighted by Gasteiger charge is -1.84. The summed E-state index contributed by atoms with van der Waals surface area (Å²) in [6.45, 7) is 15.0. The van der Waals surface area contributed by atoms with Gasteiger partial charge in [0, 0.05) is 6.42 Å². The van der Waals surface area contributed by atoms with Crippen LogP contribution in [0.1, 0.15) is 99.3 Å². The number of ketones is 1. The quantitative estimate of drug-likeness (QED) is 0.0488. The largest absolute Gasteiger partial charge is 0.303 e. The smallest absolute Gasteiger partial charge is 0.152 e. The number of unbranched alkanes of at least 4 members (excludes halogenated alkanes) is 4. The molecule has 0 radical (unpaired) electrons. The highest BCUT2D eigenvalue weighted by molar-refractivity contribution is 5.87. The van der Waals surface area contributed by atoms with Crippen molar-refractivity contribution in [3.05, 3.63) is 116 Å². The van der Waals surface area contributed by atoms with Crippen molar-refractivity contribution in [1.29, 1.82) is 0 Å². The Morgan fingerprint density at radius 3 is 1.33 bits per heavy atom. The predicted octanol–water partition coefficient (Wildman–Crippen LogP) is 9.90. The molecule has 0 atom stereocenters. The molecule has 0 spiro atoms. The van der Waals surface area contributed by atoms with Crippen LogP contribution in [0.25, 0.3) is 0 Å². The van der Waals surface area contributed by atoms with Gasteiger partial charge in [0.15, 0.2) is 5.78 Å². The van der Waals surface area contributed by atoms with Crippen molar-refractivity contribution in [2.24, 2.45) is 0 Å². The molecule has 46 heavy (non-hydrogen) atoms. The molecular formula is C40H60O6. The molecule has 0 N–H and O–H groups in total. The van der Waals surface area contributed by atoms with Crippen LogP contribution in [0.4, 0.5) is 0 Å². The summed E-state index contributed by atoms with van der Waals surface area (Å²) in [6, 6.07) is 0. The maximum atomic E-state index is 10.3. The summed E-state index contributed by atoms with van der Waals surface area (Å²) in [7, 11) is 0. The second-order valence-electron chi connectivity index (χ2n) is 8.43. The van der Waals surface area contributed by atoms with Crippen LogP contribution < -0.4 is 0 Å². The maximum Gasteiger partial charge on any atom is 0.152 e. The Morgan fingerprint density at radius 1 is 0.587 bits per heavy atom. The lowest BCUT2D eigenvalue weighted by atomic mass is 10.2. The molecule has 256 valence electrons. The van der Waals surface area contributed by atoms with Gasteiger partial charge in [-0.15, -0.1) is 5.73 Å². The fourth-order valence-corrected chi connectivity index (χ4v) is 2.02. The number of aldehydes is 5. The lowest BCUT2D eigenvalue weighted by Crippen LogP contribution is -1.77. The van der Waals surface area contributed by atoms with Crippen molar-refractivity contribution in [2.75, 3.05) is 0 Å². The van der Waals surface area contributed by atoms with E-state index in [1.807, 2.05) is 43.4 Å². The highest BCUT2D eigenvalue weighted by atomic mass is 16.1. The third kappa shape index (κ3) is 106. The molecule has 6 heteroatoms. The van der Waals surface area contributed by atoms with Gasteiger partial charge in [0.05, 0.1) is 0 Å². The molecular weight excluding hydrogens is 576 g/mol. The highest BCUT2D eigenvalue weighted by Crippen LogP contribution is 1.94. The molecule has 0 bridgehead atoms. The number of rotatable bonds is 18. The molecule has 0 aliphatic rings. The molecule has 6 nitrogen and oxygen atoms in total. The summed E-state index contributed by atoms with van der Waals surface area (Å²) in [6.07, 6.45) is 42.9. The van der Waals surface area contributed by atoms with Gasteiger partial charge < -0.3 is 4.79 Å². The van der Waals surface area contributed by atoms with Crippen molar-refractivity contribution in [1.82, 2.24) is 0 Å². The van der Waals surface area contributed by atoms with Crippen LogP contribution >= 0.6 is 0 Å². The van der Waals surface area contributed by atoms with E-state index in [1.54, 1.807) is 49.5 Å². The molecule has 0 aromatic heterocycles. The summed E-state index contributed by atoms with van der Waals surface area (Å²) >= 11 is 0. The standard InChI is InChI=1S/C9H14O.C8H12O.C7H12O.C7H10O.C5H6O.C4H6O/c1-2-3-4-5-6-7-8-9-10;1-3-4-5-6-7-8(2)9;2*1-2-3-4-5-6-7-8;1-2-3-4-5-6;1-2-3-4-5/h5-9H,2-4H2,1H3;4-7H,3H2,1-2H3;5-7H,2-4H2,1H3;3-7H,2H2,1H3;3,5H,1,4H2;2-4H,1H3/b6-5+,8-7+;5-4+,7-6+;6-5+;4-3+,6-5+;;3-2+. The lowest BCUT2D eigenvalue weighted by molar-refractivity contribution is -0.112. The molecule has 0 saturated heterocycles. The van der Waals surface area contributed by atoms with E-state index in [4.69, 9.17) is 0 Å². The van der Waals surface area contributed by atoms with E-state index in [0.717, 1.165) is 57.1 Å². The van der Waals surface area contributed by atoms with Gasteiger partial charge in [-0.05, 0) is 76.0 Å². The van der Waals surface area contributed by atoms with E-state index in [0.29, 0.717) is 6.42 Å². The minimum Gasteiger partial charge on any atom is -0.303 e. The molecule has 0 aliphatic heterocycles. The van der Waals surface area contributed by atoms with Gasteiger partial charge >= 0.3 is 0 Å². The minimum atomic E-state index is 0.0933. The van der Waals surface area contributed by atoms with Gasteiger partial charge in [-0.3, -0.25) is 24.0 Å². The molecule has 0 saturated carbocycles. The Morgan fingerprint density at radius 2 is 1.02 bits per heavy atom. The Hall–Kier alpha value is -4.54. The first-order valence-corrected chi connectivity index (χ1v) is 15.7. The van der Waals surface area contributed by atoms with E-state index in [-0.39, 0.29) is 5.78 Å². The van der Waals surface area contributed by atoms with E-state index < -0.39 is 0 Å². The zero-order valence-electron chi connectivity index (χ0n) is 29.2. The fraction of sp³-hybridized carbons (Fsp3) is 0.375. The minimum absolute atomic E-state index is 0.0933. The summed E-state index contributed by atoms with van der Waals surface area (Å²) in [4.78, 5) is 58.2. The van der Waals surface area contributed by atoms with Crippen molar-refractivity contribution in [3.8, 4) is 0 Å². The van der Waals surface area contributed by atoms with Gasteiger partial charge in [0.1, 0.15) is 31.4 Å². The van der Waals surface area contributed by atoms with Gasteiger partial charge in [-0.25, -0.2) is 0 Å². The van der Waals surface area contributed by atoms with Crippen LogP contribution in [0.15, 0.2) is 116 Å². The summed E-state index contributed by atoms with van der Waals surface area (Å²) in [5.41, 5.74) is 2.46. The second kappa shape index (κ2) is 67.9. The Kier molecular flexibility index (Phi) is 79.7. The van der Waals surface area contributed by atoms with Crippen molar-refractivity contribution < 1.29 is 28.8 Å². The Balaban J connectivity index is -0.000000106. The van der Waals surface area contributed by atoms with Crippen molar-refractivity contribution in [2.45, 2.75) is 99.3 Å². The van der Waals surface area contributed by atoms with Gasteiger partial charge in [0.25, 0.3) is 0 Å². The fourth-order valence-electron chi connectivity index (χ4n) is 2.02. The molecule has 0 fully saturated rings. The van der Waals surface area contributed by atoms with Gasteiger partial charge in [0.2, 0.25) is 0 Å². The third-order valence-electron chi connectivity index (χ3n) is 4.22. The monoisotopic (exact) mass is 636 g/mol. The molecule has 0 heterocycles. The first-order valence-electron chi connectivity index (χ1n) is 15.7. The second-order valence-corrected chi connectivity index (χ2v) is 8.43. The molecule has 0 rings (SSSR count). The van der Waals surface area contributed by atoms with Crippen LogP contribution in [-0.2, 0) is 28.8 Å². The zero-order valence-corrected chi connectivity index (χ0v) is 29.2. The first kappa shape index (κ1) is 54.0. The van der Waals surface area contributed by atoms with Gasteiger partial charge in [-0.2, -0.15) is 0 Å².